The monoisotopic (exact) mass is 357 g/mol. The molecule has 4 rings (SSSR count). The lowest BCUT2D eigenvalue weighted by atomic mass is 10.1. The van der Waals surface area contributed by atoms with E-state index in [9.17, 15) is 9.59 Å². The molecule has 0 bridgehead atoms. The minimum absolute atomic E-state index is 0.254. The Hall–Kier alpha value is -3.60. The Bertz CT molecular complexity index is 1200. The molecule has 0 aliphatic heterocycles. The molecular formula is C22H19N3O2. The lowest BCUT2D eigenvalue weighted by Crippen LogP contribution is -2.22. The fourth-order valence-corrected chi connectivity index (χ4v) is 3.23. The van der Waals surface area contributed by atoms with Crippen molar-refractivity contribution in [3.63, 3.8) is 0 Å². The van der Waals surface area contributed by atoms with Crippen molar-refractivity contribution in [2.45, 2.75) is 6.92 Å². The van der Waals surface area contributed by atoms with Crippen molar-refractivity contribution < 1.29 is 4.79 Å². The average molecular weight is 357 g/mol. The van der Waals surface area contributed by atoms with E-state index in [1.807, 2.05) is 73.7 Å². The predicted octanol–water partition coefficient (Wildman–Crippen LogP) is 3.89. The van der Waals surface area contributed by atoms with Gasteiger partial charge < -0.3 is 5.32 Å². The number of amides is 1. The van der Waals surface area contributed by atoms with Crippen molar-refractivity contribution in [3.05, 3.63) is 94.4 Å². The topological polar surface area (TPSA) is 56.0 Å². The van der Waals surface area contributed by atoms with Gasteiger partial charge in [0.1, 0.15) is 5.69 Å². The molecule has 1 aromatic heterocycles. The summed E-state index contributed by atoms with van der Waals surface area (Å²) < 4.78 is 3.29. The van der Waals surface area contributed by atoms with E-state index in [1.54, 1.807) is 22.5 Å². The van der Waals surface area contributed by atoms with E-state index in [-0.39, 0.29) is 11.5 Å². The number of fused-ring (bicyclic) bond motifs is 1. The summed E-state index contributed by atoms with van der Waals surface area (Å²) in [5.41, 5.74) is 2.00. The van der Waals surface area contributed by atoms with E-state index in [4.69, 9.17) is 0 Å². The number of carbonyl (C=O) groups excluding carboxylic acids is 1. The van der Waals surface area contributed by atoms with Crippen LogP contribution in [0.1, 0.15) is 16.1 Å². The van der Waals surface area contributed by atoms with Gasteiger partial charge in [-0.1, -0.05) is 48.5 Å². The quantitative estimate of drug-likeness (QED) is 0.605. The number of hydrogen-bond donors (Lipinski definition) is 1. The van der Waals surface area contributed by atoms with E-state index in [0.717, 1.165) is 16.5 Å². The summed E-state index contributed by atoms with van der Waals surface area (Å²) in [6.45, 7) is 1.82. The molecule has 1 N–H and O–H groups in total. The summed E-state index contributed by atoms with van der Waals surface area (Å²) in [6, 6.07) is 22.7. The highest BCUT2D eigenvalue weighted by Crippen LogP contribution is 2.18. The first-order valence-electron chi connectivity index (χ1n) is 8.70. The zero-order valence-electron chi connectivity index (χ0n) is 15.1. The summed E-state index contributed by atoms with van der Waals surface area (Å²) in [5.74, 6) is -0.299. The third kappa shape index (κ3) is 2.93. The highest BCUT2D eigenvalue weighted by Gasteiger charge is 2.18. The first-order chi connectivity index (χ1) is 13.1. The molecule has 5 heteroatoms. The molecule has 0 saturated carbocycles. The molecule has 0 radical (unpaired) electrons. The minimum atomic E-state index is -0.299. The molecule has 4 aromatic rings. The first-order valence-corrected chi connectivity index (χ1v) is 8.70. The molecule has 1 amide bonds. The highest BCUT2D eigenvalue weighted by atomic mass is 16.2. The van der Waals surface area contributed by atoms with Gasteiger partial charge >= 0.3 is 0 Å². The fraction of sp³-hybridized carbons (Fsp3) is 0.0909. The maximum Gasteiger partial charge on any atom is 0.295 e. The third-order valence-corrected chi connectivity index (χ3v) is 4.80. The second-order valence-electron chi connectivity index (χ2n) is 6.45. The highest BCUT2D eigenvalue weighted by molar-refractivity contribution is 6.06. The van der Waals surface area contributed by atoms with Crippen LogP contribution in [0.4, 0.5) is 5.69 Å². The molecule has 0 aliphatic carbocycles. The van der Waals surface area contributed by atoms with Crippen molar-refractivity contribution in [2.75, 3.05) is 5.32 Å². The lowest BCUT2D eigenvalue weighted by molar-refractivity contribution is 0.102. The van der Waals surface area contributed by atoms with E-state index in [1.165, 1.54) is 0 Å². The van der Waals surface area contributed by atoms with Crippen LogP contribution < -0.4 is 10.9 Å². The summed E-state index contributed by atoms with van der Waals surface area (Å²) in [6.07, 6.45) is 0. The Labute approximate surface area is 156 Å². The van der Waals surface area contributed by atoms with E-state index < -0.39 is 0 Å². The van der Waals surface area contributed by atoms with Crippen LogP contribution in [0.25, 0.3) is 16.5 Å². The molecule has 1 heterocycles. The van der Waals surface area contributed by atoms with E-state index >= 15 is 0 Å². The number of para-hydroxylation sites is 1. The standard InChI is InChI=1S/C22H19N3O2/c1-15-20(22(27)25(24(15)2)19-10-4-3-5-11-19)23-21(26)18-13-12-16-8-6-7-9-17(16)14-18/h3-14H,1-2H3,(H,23,26). The number of aromatic nitrogens is 2. The molecular weight excluding hydrogens is 338 g/mol. The number of benzene rings is 3. The van der Waals surface area contributed by atoms with Gasteiger partial charge in [-0.25, -0.2) is 4.68 Å². The zero-order valence-corrected chi connectivity index (χ0v) is 15.1. The molecule has 134 valence electrons. The number of nitrogens with zero attached hydrogens (tertiary/aromatic N) is 2. The average Bonchev–Trinajstić information content (AvgIpc) is 2.91. The maximum absolute atomic E-state index is 12.9. The van der Waals surface area contributed by atoms with E-state index in [0.29, 0.717) is 16.9 Å². The Morgan fingerprint density at radius 1 is 0.889 bits per heavy atom. The molecule has 0 fully saturated rings. The molecule has 0 spiro atoms. The Morgan fingerprint density at radius 2 is 1.56 bits per heavy atom. The van der Waals surface area contributed by atoms with Gasteiger partial charge in [-0.2, -0.15) is 0 Å². The molecule has 0 aliphatic rings. The molecule has 3 aromatic carbocycles. The number of carbonyl (C=O) groups is 1. The molecule has 0 unspecified atom stereocenters. The van der Waals surface area contributed by atoms with Crippen molar-refractivity contribution >= 4 is 22.4 Å². The van der Waals surface area contributed by atoms with Crippen LogP contribution in [-0.2, 0) is 7.05 Å². The lowest BCUT2D eigenvalue weighted by Gasteiger charge is -2.07. The smallest absolute Gasteiger partial charge is 0.295 e. The Kier molecular flexibility index (Phi) is 4.12. The Balaban J connectivity index is 1.72. The summed E-state index contributed by atoms with van der Waals surface area (Å²) in [5, 5.41) is 4.85. The van der Waals surface area contributed by atoms with Crippen LogP contribution in [0.15, 0.2) is 77.6 Å². The molecule has 27 heavy (non-hydrogen) atoms. The third-order valence-electron chi connectivity index (χ3n) is 4.80. The van der Waals surface area contributed by atoms with Gasteiger partial charge in [0.05, 0.1) is 11.4 Å². The largest absolute Gasteiger partial charge is 0.316 e. The fourth-order valence-electron chi connectivity index (χ4n) is 3.23. The minimum Gasteiger partial charge on any atom is -0.316 e. The van der Waals surface area contributed by atoms with Gasteiger partial charge in [-0.3, -0.25) is 14.3 Å². The normalized spacial score (nSPS) is 10.9. The Morgan fingerprint density at radius 3 is 2.30 bits per heavy atom. The maximum atomic E-state index is 12.9. The van der Waals surface area contributed by atoms with Gasteiger partial charge in [-0.15, -0.1) is 0 Å². The van der Waals surface area contributed by atoms with Crippen molar-refractivity contribution in [1.29, 1.82) is 0 Å². The van der Waals surface area contributed by atoms with Crippen molar-refractivity contribution in [3.8, 4) is 5.69 Å². The van der Waals surface area contributed by atoms with Crippen LogP contribution in [-0.4, -0.2) is 15.3 Å². The second-order valence-corrected chi connectivity index (χ2v) is 6.45. The predicted molar refractivity (Wildman–Crippen MR) is 108 cm³/mol. The van der Waals surface area contributed by atoms with Crippen molar-refractivity contribution in [2.24, 2.45) is 7.05 Å². The van der Waals surface area contributed by atoms with Gasteiger partial charge in [0.2, 0.25) is 0 Å². The zero-order chi connectivity index (χ0) is 19.0. The van der Waals surface area contributed by atoms with Gasteiger partial charge in [0, 0.05) is 12.6 Å². The van der Waals surface area contributed by atoms with Crippen molar-refractivity contribution in [1.82, 2.24) is 9.36 Å². The van der Waals surface area contributed by atoms with E-state index in [2.05, 4.69) is 5.32 Å². The molecule has 0 atom stereocenters. The number of anilines is 1. The summed E-state index contributed by atoms with van der Waals surface area (Å²) in [7, 11) is 1.80. The SMILES string of the molecule is Cc1c(NC(=O)c2ccc3ccccc3c2)c(=O)n(-c2ccccc2)n1C. The van der Waals surface area contributed by atoms with Crippen LogP contribution in [0.5, 0.6) is 0 Å². The molecule has 0 saturated heterocycles. The van der Waals surface area contributed by atoms with Crippen LogP contribution in [0.2, 0.25) is 0 Å². The van der Waals surface area contributed by atoms with Crippen LogP contribution >= 0.6 is 0 Å². The number of nitrogens with one attached hydrogen (secondary N) is 1. The first kappa shape index (κ1) is 16.8. The van der Waals surface area contributed by atoms with Crippen LogP contribution in [0.3, 0.4) is 0 Å². The number of rotatable bonds is 3. The van der Waals surface area contributed by atoms with Gasteiger partial charge in [-0.05, 0) is 42.0 Å². The van der Waals surface area contributed by atoms with Gasteiger partial charge in [0.15, 0.2) is 0 Å². The second kappa shape index (κ2) is 6.61. The number of hydrogen-bond acceptors (Lipinski definition) is 2. The summed E-state index contributed by atoms with van der Waals surface area (Å²) in [4.78, 5) is 25.7. The molecule has 5 nitrogen and oxygen atoms in total. The van der Waals surface area contributed by atoms with Crippen LogP contribution in [0, 0.1) is 6.92 Å². The van der Waals surface area contributed by atoms with Gasteiger partial charge in [0.25, 0.3) is 11.5 Å². The summed E-state index contributed by atoms with van der Waals surface area (Å²) >= 11 is 0.